The summed E-state index contributed by atoms with van der Waals surface area (Å²) in [7, 11) is 1.90. The van der Waals surface area contributed by atoms with E-state index in [2.05, 4.69) is 5.32 Å². The Morgan fingerprint density at radius 3 is 2.28 bits per heavy atom. The number of rotatable bonds is 3. The number of halogens is 3. The Balaban J connectivity index is 1.98. The van der Waals surface area contributed by atoms with E-state index in [4.69, 9.17) is 4.74 Å². The average molecular weight is 265 g/mol. The lowest BCUT2D eigenvalue weighted by Crippen LogP contribution is -2.63. The van der Waals surface area contributed by atoms with Gasteiger partial charge in [-0.05, 0) is 26.3 Å². The molecule has 2 aliphatic carbocycles. The van der Waals surface area contributed by atoms with Crippen molar-refractivity contribution in [2.24, 2.45) is 5.41 Å². The molecule has 0 aromatic heterocycles. The van der Waals surface area contributed by atoms with Crippen LogP contribution in [0.3, 0.4) is 0 Å². The van der Waals surface area contributed by atoms with Gasteiger partial charge in [0, 0.05) is 11.5 Å². The van der Waals surface area contributed by atoms with E-state index in [0.717, 1.165) is 25.7 Å². The van der Waals surface area contributed by atoms with Gasteiger partial charge in [0.25, 0.3) is 0 Å². The first-order valence-corrected chi connectivity index (χ1v) is 6.83. The minimum absolute atomic E-state index is 0.0451. The van der Waals surface area contributed by atoms with E-state index in [-0.39, 0.29) is 11.5 Å². The molecule has 2 fully saturated rings. The summed E-state index contributed by atoms with van der Waals surface area (Å²) in [6.45, 7) is -1.10. The van der Waals surface area contributed by atoms with Gasteiger partial charge in [0.2, 0.25) is 0 Å². The summed E-state index contributed by atoms with van der Waals surface area (Å²) >= 11 is 0. The minimum Gasteiger partial charge on any atom is -0.368 e. The molecule has 0 saturated heterocycles. The maximum absolute atomic E-state index is 12.3. The van der Waals surface area contributed by atoms with Crippen molar-refractivity contribution < 1.29 is 17.9 Å². The number of ether oxygens (including phenoxy) is 1. The summed E-state index contributed by atoms with van der Waals surface area (Å²) in [6, 6.07) is 0.328. The molecule has 106 valence electrons. The van der Waals surface area contributed by atoms with Crippen LogP contribution in [0.15, 0.2) is 0 Å². The normalized spacial score (nSPS) is 32.0. The van der Waals surface area contributed by atoms with Gasteiger partial charge in [-0.25, -0.2) is 0 Å². The van der Waals surface area contributed by atoms with Crippen LogP contribution in [0.25, 0.3) is 0 Å². The molecule has 0 heterocycles. The van der Waals surface area contributed by atoms with Crippen LogP contribution in [0, 0.1) is 5.41 Å². The highest BCUT2D eigenvalue weighted by Crippen LogP contribution is 2.52. The molecule has 2 saturated carbocycles. The van der Waals surface area contributed by atoms with E-state index in [9.17, 15) is 13.2 Å². The van der Waals surface area contributed by atoms with Crippen molar-refractivity contribution in [3.8, 4) is 0 Å². The molecule has 0 radical (unpaired) electrons. The summed E-state index contributed by atoms with van der Waals surface area (Å²) < 4.78 is 41.9. The molecule has 2 unspecified atom stereocenters. The zero-order valence-electron chi connectivity index (χ0n) is 10.9. The third-order valence-corrected chi connectivity index (χ3v) is 4.62. The fourth-order valence-corrected chi connectivity index (χ4v) is 3.64. The van der Waals surface area contributed by atoms with E-state index < -0.39 is 12.8 Å². The first kappa shape index (κ1) is 14.1. The summed E-state index contributed by atoms with van der Waals surface area (Å²) in [5.41, 5.74) is -0.0451. The Labute approximate surface area is 106 Å². The highest BCUT2D eigenvalue weighted by atomic mass is 19.4. The standard InChI is InChI=1S/C13H22F3NO/c1-17-10-8-11(18-9-13(14,15)16)12(10)6-4-2-3-5-7-12/h10-11,17H,2-9H2,1H3. The van der Waals surface area contributed by atoms with Gasteiger partial charge in [-0.2, -0.15) is 13.2 Å². The van der Waals surface area contributed by atoms with Gasteiger partial charge >= 0.3 is 6.18 Å². The van der Waals surface area contributed by atoms with Gasteiger partial charge in [-0.1, -0.05) is 25.7 Å². The zero-order valence-corrected chi connectivity index (χ0v) is 10.9. The maximum atomic E-state index is 12.3. The Kier molecular flexibility index (Phi) is 4.22. The van der Waals surface area contributed by atoms with Gasteiger partial charge in [-0.15, -0.1) is 0 Å². The topological polar surface area (TPSA) is 21.3 Å². The average Bonchev–Trinajstić information content (AvgIpc) is 2.53. The molecule has 1 N–H and O–H groups in total. The Morgan fingerprint density at radius 1 is 1.17 bits per heavy atom. The SMILES string of the molecule is CNC1CC(OCC(F)(F)F)C12CCCCCC2. The number of hydrogen-bond acceptors (Lipinski definition) is 2. The molecule has 18 heavy (non-hydrogen) atoms. The Morgan fingerprint density at radius 2 is 1.78 bits per heavy atom. The fourth-order valence-electron chi connectivity index (χ4n) is 3.64. The molecule has 1 spiro atoms. The smallest absolute Gasteiger partial charge is 0.368 e. The minimum atomic E-state index is -4.21. The summed E-state index contributed by atoms with van der Waals surface area (Å²) in [5, 5.41) is 3.26. The molecule has 0 aliphatic heterocycles. The molecule has 5 heteroatoms. The monoisotopic (exact) mass is 265 g/mol. The van der Waals surface area contributed by atoms with E-state index in [1.165, 1.54) is 12.8 Å². The van der Waals surface area contributed by atoms with Gasteiger partial charge in [-0.3, -0.25) is 0 Å². The van der Waals surface area contributed by atoms with Crippen LogP contribution in [0.1, 0.15) is 44.9 Å². The van der Waals surface area contributed by atoms with Crippen LogP contribution >= 0.6 is 0 Å². The van der Waals surface area contributed by atoms with E-state index in [1.807, 2.05) is 7.05 Å². The molecule has 2 atom stereocenters. The highest BCUT2D eigenvalue weighted by Gasteiger charge is 2.55. The lowest BCUT2D eigenvalue weighted by Gasteiger charge is -2.56. The highest BCUT2D eigenvalue weighted by molar-refractivity contribution is 5.08. The predicted molar refractivity (Wildman–Crippen MR) is 63.4 cm³/mol. The van der Waals surface area contributed by atoms with Crippen LogP contribution in [0.4, 0.5) is 13.2 Å². The van der Waals surface area contributed by atoms with E-state index in [0.29, 0.717) is 12.5 Å². The van der Waals surface area contributed by atoms with Crippen LogP contribution in [0.2, 0.25) is 0 Å². The van der Waals surface area contributed by atoms with E-state index in [1.54, 1.807) is 0 Å². The fraction of sp³-hybridized carbons (Fsp3) is 1.00. The molecule has 0 bridgehead atoms. The van der Waals surface area contributed by atoms with Crippen molar-refractivity contribution >= 4 is 0 Å². The summed E-state index contributed by atoms with van der Waals surface area (Å²) in [6.07, 6.45) is 2.92. The first-order valence-electron chi connectivity index (χ1n) is 6.83. The quantitative estimate of drug-likeness (QED) is 0.845. The van der Waals surface area contributed by atoms with Crippen LogP contribution in [0.5, 0.6) is 0 Å². The third-order valence-electron chi connectivity index (χ3n) is 4.62. The molecule has 2 rings (SSSR count). The van der Waals surface area contributed by atoms with Gasteiger partial charge < -0.3 is 10.1 Å². The van der Waals surface area contributed by atoms with Crippen molar-refractivity contribution in [3.63, 3.8) is 0 Å². The van der Waals surface area contributed by atoms with Crippen molar-refractivity contribution in [2.45, 2.75) is 63.3 Å². The Hall–Kier alpha value is -0.290. The molecular formula is C13H22F3NO. The van der Waals surface area contributed by atoms with Crippen LogP contribution in [-0.2, 0) is 4.74 Å². The molecule has 0 aromatic rings. The summed E-state index contributed by atoms with van der Waals surface area (Å²) in [5.74, 6) is 0. The van der Waals surface area contributed by atoms with Crippen LogP contribution < -0.4 is 5.32 Å². The number of hydrogen-bond donors (Lipinski definition) is 1. The maximum Gasteiger partial charge on any atom is 0.411 e. The van der Waals surface area contributed by atoms with Crippen molar-refractivity contribution in [1.82, 2.24) is 5.32 Å². The number of alkyl halides is 3. The van der Waals surface area contributed by atoms with Crippen molar-refractivity contribution in [1.29, 1.82) is 0 Å². The third kappa shape index (κ3) is 2.82. The number of nitrogens with one attached hydrogen (secondary N) is 1. The van der Waals surface area contributed by atoms with Gasteiger partial charge in [0.15, 0.2) is 0 Å². The lowest BCUT2D eigenvalue weighted by atomic mass is 9.58. The molecule has 0 amide bonds. The molecular weight excluding hydrogens is 243 g/mol. The second kappa shape index (κ2) is 5.37. The Bertz CT molecular complexity index is 272. The molecule has 0 aromatic carbocycles. The predicted octanol–water partition coefficient (Wildman–Crippen LogP) is 3.27. The summed E-state index contributed by atoms with van der Waals surface area (Å²) in [4.78, 5) is 0. The molecule has 2 nitrogen and oxygen atoms in total. The van der Waals surface area contributed by atoms with Crippen molar-refractivity contribution in [3.05, 3.63) is 0 Å². The largest absolute Gasteiger partial charge is 0.411 e. The first-order chi connectivity index (χ1) is 8.48. The van der Waals surface area contributed by atoms with Gasteiger partial charge in [0.05, 0.1) is 6.10 Å². The second-order valence-corrected chi connectivity index (χ2v) is 5.64. The van der Waals surface area contributed by atoms with Crippen molar-refractivity contribution in [2.75, 3.05) is 13.7 Å². The zero-order chi connectivity index (χ0) is 13.2. The second-order valence-electron chi connectivity index (χ2n) is 5.64. The molecule has 2 aliphatic rings. The lowest BCUT2D eigenvalue weighted by molar-refractivity contribution is -0.225. The van der Waals surface area contributed by atoms with E-state index >= 15 is 0 Å². The van der Waals surface area contributed by atoms with Gasteiger partial charge in [0.1, 0.15) is 6.61 Å². The van der Waals surface area contributed by atoms with Crippen LogP contribution in [-0.4, -0.2) is 32.0 Å².